The van der Waals surface area contributed by atoms with Crippen molar-refractivity contribution in [2.45, 2.75) is 19.3 Å². The minimum atomic E-state index is -0.506. The van der Waals surface area contributed by atoms with E-state index >= 15 is 0 Å². The molecule has 10 nitrogen and oxygen atoms in total. The molecule has 11 heteroatoms. The van der Waals surface area contributed by atoms with Crippen molar-refractivity contribution in [3.8, 4) is 11.5 Å². The van der Waals surface area contributed by atoms with Crippen LogP contribution in [0.25, 0.3) is 22.6 Å². The quantitative estimate of drug-likeness (QED) is 0.150. The molecule has 2 amide bonds. The summed E-state index contributed by atoms with van der Waals surface area (Å²) in [7, 11) is 6.75. The second kappa shape index (κ2) is 16.3. The van der Waals surface area contributed by atoms with E-state index in [1.54, 1.807) is 57.7 Å². The van der Waals surface area contributed by atoms with Crippen molar-refractivity contribution in [2.24, 2.45) is 0 Å². The van der Waals surface area contributed by atoms with Crippen LogP contribution < -0.4 is 9.47 Å². The summed E-state index contributed by atoms with van der Waals surface area (Å²) in [6, 6.07) is 16.7. The fraction of sp³-hybridized carbons (Fsp3) is 0.286. The third-order valence-electron chi connectivity index (χ3n) is 6.85. The predicted octanol–water partition coefficient (Wildman–Crippen LogP) is 5.39. The Morgan fingerprint density at radius 2 is 1.61 bits per heavy atom. The molecule has 0 fully saturated rings. The van der Waals surface area contributed by atoms with Crippen molar-refractivity contribution in [3.63, 3.8) is 0 Å². The number of esters is 1. The maximum Gasteiger partial charge on any atom is 0.339 e. The van der Waals surface area contributed by atoms with Crippen molar-refractivity contribution in [2.75, 3.05) is 48.0 Å². The molecule has 46 heavy (non-hydrogen) atoms. The fourth-order valence-electron chi connectivity index (χ4n) is 4.76. The summed E-state index contributed by atoms with van der Waals surface area (Å²) < 4.78 is 16.7. The van der Waals surface area contributed by atoms with Gasteiger partial charge in [-0.1, -0.05) is 24.3 Å². The highest BCUT2D eigenvalue weighted by Crippen LogP contribution is 2.37. The number of rotatable bonds is 7. The molecule has 2 aliphatic rings. The average Bonchev–Trinajstić information content (AvgIpc) is 3.59. The number of hydrogen-bond donors (Lipinski definition) is 0. The Kier molecular flexibility index (Phi) is 12.0. The van der Waals surface area contributed by atoms with Gasteiger partial charge in [-0.05, 0) is 72.2 Å². The van der Waals surface area contributed by atoms with Crippen LogP contribution in [0.5, 0.6) is 11.5 Å². The average molecular weight is 644 g/mol. The minimum Gasteiger partial charge on any atom is -0.486 e. The van der Waals surface area contributed by atoms with E-state index in [1.165, 1.54) is 9.80 Å². The van der Waals surface area contributed by atoms with E-state index in [0.717, 1.165) is 64.7 Å². The Balaban J connectivity index is 0.000000421. The third-order valence-corrected chi connectivity index (χ3v) is 7.67. The van der Waals surface area contributed by atoms with Crippen LogP contribution in [-0.2, 0) is 20.7 Å². The lowest BCUT2D eigenvalue weighted by Gasteiger charge is -2.22. The molecule has 0 bridgehead atoms. The van der Waals surface area contributed by atoms with E-state index in [2.05, 4.69) is 12.1 Å². The van der Waals surface area contributed by atoms with Gasteiger partial charge >= 0.3 is 5.97 Å². The monoisotopic (exact) mass is 643 g/mol. The van der Waals surface area contributed by atoms with Crippen LogP contribution in [0.1, 0.15) is 49.7 Å². The number of hydrogen-bond acceptors (Lipinski definition) is 9. The van der Waals surface area contributed by atoms with Crippen molar-refractivity contribution >= 4 is 58.5 Å². The van der Waals surface area contributed by atoms with E-state index in [1.807, 2.05) is 35.7 Å². The summed E-state index contributed by atoms with van der Waals surface area (Å²) in [5.41, 5.74) is 4.50. The number of carbonyl (C=O) groups is 4. The number of benzene rings is 2. The Hall–Kier alpha value is -5.03. The summed E-state index contributed by atoms with van der Waals surface area (Å²) in [6.07, 6.45) is 6.20. The molecule has 2 aromatic heterocycles. The van der Waals surface area contributed by atoms with Gasteiger partial charge < -0.3 is 24.0 Å². The van der Waals surface area contributed by atoms with Gasteiger partial charge in [0.25, 0.3) is 0 Å². The summed E-state index contributed by atoms with van der Waals surface area (Å²) in [4.78, 5) is 54.2. The number of aromatic nitrogens is 1. The Labute approximate surface area is 272 Å². The molecule has 0 saturated carbocycles. The van der Waals surface area contributed by atoms with Crippen LogP contribution >= 0.6 is 11.3 Å². The van der Waals surface area contributed by atoms with Crippen molar-refractivity contribution in [1.29, 1.82) is 0 Å². The molecule has 2 aromatic carbocycles. The SMILES string of the molecule is CN(C)C=O.CN(C)C=O.O=C(COC(=O)c1c2c(nc3ccccc13)/C(=C/c1cccs1)CCC2)c1ccc2c(c1)OCCO2. The standard InChI is InChI=1S/C29H23NO5S.2C3H7NO/c31-24(18-10-11-25-26(16-18)34-13-12-33-25)17-35-29(32)27-21-7-1-2-9-23(21)30-28-19(5-3-8-22(27)28)15-20-6-4-14-36-20;2*1-4(2)3-5/h1-2,4,6-7,9-11,14-16H,3,5,8,12-13,17H2;2*3H,1-2H3/b19-15+;;. The molecular weight excluding hydrogens is 606 g/mol. The van der Waals surface area contributed by atoms with Crippen LogP contribution in [0.15, 0.2) is 60.0 Å². The van der Waals surface area contributed by atoms with Gasteiger partial charge in [0, 0.05) is 44.0 Å². The van der Waals surface area contributed by atoms with Crippen molar-refractivity contribution in [1.82, 2.24) is 14.8 Å². The molecule has 3 heterocycles. The van der Waals surface area contributed by atoms with Crippen LogP contribution in [0.4, 0.5) is 0 Å². The molecule has 0 saturated heterocycles. The van der Waals surface area contributed by atoms with Crippen molar-refractivity contribution < 1.29 is 33.4 Å². The number of amides is 2. The number of carbonyl (C=O) groups excluding carboxylic acids is 4. The van der Waals surface area contributed by atoms with Gasteiger partial charge in [0.15, 0.2) is 23.9 Å². The van der Waals surface area contributed by atoms with Gasteiger partial charge in [-0.3, -0.25) is 14.4 Å². The van der Waals surface area contributed by atoms with E-state index in [-0.39, 0.29) is 12.4 Å². The molecule has 240 valence electrons. The number of ether oxygens (including phenoxy) is 3. The number of nitrogens with zero attached hydrogens (tertiary/aromatic N) is 3. The van der Waals surface area contributed by atoms with Gasteiger partial charge in [-0.25, -0.2) is 9.78 Å². The largest absolute Gasteiger partial charge is 0.486 e. The third kappa shape index (κ3) is 8.79. The molecule has 0 atom stereocenters. The zero-order chi connectivity index (χ0) is 33.1. The normalized spacial score (nSPS) is 13.6. The number of pyridine rings is 1. The fourth-order valence-corrected chi connectivity index (χ4v) is 5.44. The summed E-state index contributed by atoms with van der Waals surface area (Å²) in [5, 5.41) is 2.79. The van der Waals surface area contributed by atoms with Crippen LogP contribution in [0.2, 0.25) is 0 Å². The number of allylic oxidation sites excluding steroid dienone is 1. The van der Waals surface area contributed by atoms with Crippen LogP contribution in [0, 0.1) is 0 Å². The first kappa shape index (κ1) is 33.9. The molecule has 0 radical (unpaired) electrons. The Morgan fingerprint density at radius 1 is 0.913 bits per heavy atom. The topological polar surface area (TPSA) is 115 Å². The summed E-state index contributed by atoms with van der Waals surface area (Å²) in [5.74, 6) is 0.327. The molecule has 0 unspecified atom stereocenters. The van der Waals surface area contributed by atoms with E-state index in [4.69, 9.17) is 19.2 Å². The highest BCUT2D eigenvalue weighted by Gasteiger charge is 2.27. The number of ketones is 1. The number of thiophene rings is 1. The first-order valence-corrected chi connectivity index (χ1v) is 15.6. The molecule has 1 aliphatic heterocycles. The highest BCUT2D eigenvalue weighted by molar-refractivity contribution is 7.10. The molecule has 0 N–H and O–H groups in total. The Bertz CT molecular complexity index is 1700. The highest BCUT2D eigenvalue weighted by atomic mass is 32.1. The van der Waals surface area contributed by atoms with Gasteiger partial charge in [0.2, 0.25) is 12.8 Å². The zero-order valence-electron chi connectivity index (χ0n) is 26.4. The maximum atomic E-state index is 13.5. The second-order valence-corrected chi connectivity index (χ2v) is 11.8. The van der Waals surface area contributed by atoms with Crippen molar-refractivity contribution in [3.05, 3.63) is 87.2 Å². The number of para-hydroxylation sites is 1. The predicted molar refractivity (Wildman–Crippen MR) is 178 cm³/mol. The van der Waals surface area contributed by atoms with Crippen LogP contribution in [0.3, 0.4) is 0 Å². The lowest BCUT2D eigenvalue weighted by molar-refractivity contribution is -0.116. The molecular formula is C35H37N3O7S. The first-order chi connectivity index (χ1) is 22.2. The summed E-state index contributed by atoms with van der Waals surface area (Å²) in [6.45, 7) is 0.552. The van der Waals surface area contributed by atoms with Crippen LogP contribution in [-0.4, -0.2) is 87.4 Å². The molecule has 0 spiro atoms. The van der Waals surface area contributed by atoms with E-state index in [0.29, 0.717) is 35.8 Å². The second-order valence-electron chi connectivity index (χ2n) is 10.9. The minimum absolute atomic E-state index is 0.300. The lowest BCUT2D eigenvalue weighted by atomic mass is 9.86. The van der Waals surface area contributed by atoms with Gasteiger partial charge in [0.05, 0.1) is 16.8 Å². The van der Waals surface area contributed by atoms with Gasteiger partial charge in [-0.15, -0.1) is 11.3 Å². The number of Topliss-reactive ketones (excluding diaryl/α,β-unsaturated/α-hetero) is 1. The molecule has 6 rings (SSSR count). The summed E-state index contributed by atoms with van der Waals surface area (Å²) >= 11 is 1.67. The molecule has 4 aromatic rings. The van der Waals surface area contributed by atoms with Gasteiger partial charge in [-0.2, -0.15) is 0 Å². The van der Waals surface area contributed by atoms with E-state index < -0.39 is 5.97 Å². The lowest BCUT2D eigenvalue weighted by Crippen LogP contribution is -2.19. The molecule has 1 aliphatic carbocycles. The van der Waals surface area contributed by atoms with E-state index in [9.17, 15) is 19.2 Å². The smallest absolute Gasteiger partial charge is 0.339 e. The first-order valence-electron chi connectivity index (χ1n) is 14.7. The number of fused-ring (bicyclic) bond motifs is 3. The Morgan fingerprint density at radius 3 is 2.28 bits per heavy atom. The van der Waals surface area contributed by atoms with Gasteiger partial charge in [0.1, 0.15) is 13.2 Å². The maximum absolute atomic E-state index is 13.5. The zero-order valence-corrected chi connectivity index (χ0v) is 27.2.